The van der Waals surface area contributed by atoms with Crippen molar-refractivity contribution in [1.82, 2.24) is 9.55 Å². The van der Waals surface area contributed by atoms with Crippen LogP contribution < -0.4 is 0 Å². The Morgan fingerprint density at radius 3 is 2.48 bits per heavy atom. The van der Waals surface area contributed by atoms with Gasteiger partial charge in [0.2, 0.25) is 5.79 Å². The average molecular weight is 336 g/mol. The standard InChI is InChI=1S/C20H20N2O3/c23-12-19-13-24-20(25-19,14-22-11-10-21-15-22)18-8-6-17(7-9-18)16-4-2-1-3-5-16/h1-11,15,19,23H,12-14H2. The van der Waals surface area contributed by atoms with Gasteiger partial charge in [0.05, 0.1) is 26.1 Å². The molecule has 25 heavy (non-hydrogen) atoms. The number of benzene rings is 2. The third-order valence-corrected chi connectivity index (χ3v) is 4.44. The van der Waals surface area contributed by atoms with Crippen LogP contribution in [0.1, 0.15) is 5.56 Å². The molecule has 0 radical (unpaired) electrons. The van der Waals surface area contributed by atoms with Gasteiger partial charge in [-0.2, -0.15) is 0 Å². The van der Waals surface area contributed by atoms with Crippen LogP contribution in [0.2, 0.25) is 0 Å². The summed E-state index contributed by atoms with van der Waals surface area (Å²) in [5, 5.41) is 9.44. The summed E-state index contributed by atoms with van der Waals surface area (Å²) < 4.78 is 14.0. The van der Waals surface area contributed by atoms with Crippen LogP contribution in [0.25, 0.3) is 11.1 Å². The molecule has 1 aliphatic heterocycles. The molecule has 0 amide bonds. The van der Waals surface area contributed by atoms with Crippen molar-refractivity contribution in [3.63, 3.8) is 0 Å². The summed E-state index contributed by atoms with van der Waals surface area (Å²) in [6, 6.07) is 18.4. The highest BCUT2D eigenvalue weighted by atomic mass is 16.7. The summed E-state index contributed by atoms with van der Waals surface area (Å²) in [5.41, 5.74) is 3.23. The molecule has 0 saturated carbocycles. The second kappa shape index (κ2) is 6.80. The first-order chi connectivity index (χ1) is 12.3. The molecule has 0 spiro atoms. The molecule has 2 heterocycles. The van der Waals surface area contributed by atoms with E-state index in [-0.39, 0.29) is 12.7 Å². The molecule has 3 aromatic rings. The molecule has 1 N–H and O–H groups in total. The molecule has 1 fully saturated rings. The van der Waals surface area contributed by atoms with Crippen LogP contribution in [0, 0.1) is 0 Å². The Balaban J connectivity index is 1.65. The van der Waals surface area contributed by atoms with E-state index >= 15 is 0 Å². The lowest BCUT2D eigenvalue weighted by Gasteiger charge is -2.29. The third kappa shape index (κ3) is 3.22. The number of nitrogens with zero attached hydrogens (tertiary/aromatic N) is 2. The SMILES string of the molecule is OCC1COC(Cn2ccnc2)(c2ccc(-c3ccccc3)cc2)O1. The molecule has 1 aromatic heterocycles. The van der Waals surface area contributed by atoms with Gasteiger partial charge < -0.3 is 19.1 Å². The maximum atomic E-state index is 9.44. The highest BCUT2D eigenvalue weighted by Gasteiger charge is 2.43. The van der Waals surface area contributed by atoms with Crippen molar-refractivity contribution in [2.45, 2.75) is 18.4 Å². The molecule has 2 unspecified atom stereocenters. The largest absolute Gasteiger partial charge is 0.394 e. The van der Waals surface area contributed by atoms with Crippen LogP contribution in [0.15, 0.2) is 73.3 Å². The quantitative estimate of drug-likeness (QED) is 0.778. The number of hydrogen-bond donors (Lipinski definition) is 1. The van der Waals surface area contributed by atoms with Crippen molar-refractivity contribution in [2.75, 3.05) is 13.2 Å². The molecule has 5 nitrogen and oxygen atoms in total. The molecule has 1 aliphatic rings. The average Bonchev–Trinajstić information content (AvgIpc) is 3.33. The van der Waals surface area contributed by atoms with E-state index in [0.29, 0.717) is 13.2 Å². The minimum Gasteiger partial charge on any atom is -0.394 e. The van der Waals surface area contributed by atoms with E-state index in [0.717, 1.165) is 11.1 Å². The Morgan fingerprint density at radius 2 is 1.84 bits per heavy atom. The van der Waals surface area contributed by atoms with Crippen molar-refractivity contribution in [1.29, 1.82) is 0 Å². The van der Waals surface area contributed by atoms with E-state index in [2.05, 4.69) is 29.2 Å². The van der Waals surface area contributed by atoms with Crippen molar-refractivity contribution in [2.24, 2.45) is 0 Å². The zero-order chi connectivity index (χ0) is 17.1. The van der Waals surface area contributed by atoms with E-state index in [1.807, 2.05) is 41.1 Å². The van der Waals surface area contributed by atoms with Gasteiger partial charge in [-0.1, -0.05) is 54.6 Å². The molecule has 2 aromatic carbocycles. The van der Waals surface area contributed by atoms with Gasteiger partial charge in [-0.15, -0.1) is 0 Å². The van der Waals surface area contributed by atoms with E-state index in [9.17, 15) is 5.11 Å². The molecule has 1 saturated heterocycles. The number of aliphatic hydroxyl groups excluding tert-OH is 1. The van der Waals surface area contributed by atoms with Gasteiger partial charge in [-0.25, -0.2) is 4.98 Å². The first kappa shape index (κ1) is 16.0. The molecular weight excluding hydrogens is 316 g/mol. The van der Waals surface area contributed by atoms with Crippen LogP contribution in [0.4, 0.5) is 0 Å². The molecule has 2 atom stereocenters. The maximum absolute atomic E-state index is 9.44. The number of hydrogen-bond acceptors (Lipinski definition) is 4. The van der Waals surface area contributed by atoms with Crippen LogP contribution in [0.5, 0.6) is 0 Å². The normalized spacial score (nSPS) is 23.0. The predicted molar refractivity (Wildman–Crippen MR) is 93.7 cm³/mol. The summed E-state index contributed by atoms with van der Waals surface area (Å²) in [5.74, 6) is -0.913. The number of rotatable bonds is 5. The van der Waals surface area contributed by atoms with Crippen molar-refractivity contribution < 1.29 is 14.6 Å². The second-order valence-electron chi connectivity index (χ2n) is 6.16. The van der Waals surface area contributed by atoms with Crippen LogP contribution in [0.3, 0.4) is 0 Å². The van der Waals surface area contributed by atoms with Gasteiger partial charge in [-0.3, -0.25) is 0 Å². The van der Waals surface area contributed by atoms with Gasteiger partial charge in [0.15, 0.2) is 0 Å². The Kier molecular flexibility index (Phi) is 4.36. The summed E-state index contributed by atoms with van der Waals surface area (Å²) in [7, 11) is 0. The molecule has 4 rings (SSSR count). The summed E-state index contributed by atoms with van der Waals surface area (Å²) in [6.45, 7) is 0.785. The van der Waals surface area contributed by atoms with Gasteiger partial charge in [-0.05, 0) is 11.1 Å². The monoisotopic (exact) mass is 336 g/mol. The number of aliphatic hydroxyl groups is 1. The Hall–Kier alpha value is -2.47. The van der Waals surface area contributed by atoms with Gasteiger partial charge in [0.25, 0.3) is 0 Å². The summed E-state index contributed by atoms with van der Waals surface area (Å²) in [4.78, 5) is 4.08. The lowest BCUT2D eigenvalue weighted by Crippen LogP contribution is -2.33. The van der Waals surface area contributed by atoms with Crippen LogP contribution in [-0.2, 0) is 21.8 Å². The molecule has 0 aliphatic carbocycles. The topological polar surface area (TPSA) is 56.5 Å². The van der Waals surface area contributed by atoms with E-state index in [1.165, 1.54) is 5.56 Å². The molecule has 0 bridgehead atoms. The Morgan fingerprint density at radius 1 is 1.08 bits per heavy atom. The molecule has 128 valence electrons. The minimum atomic E-state index is -0.913. The lowest BCUT2D eigenvalue weighted by atomic mass is 10.00. The fourth-order valence-corrected chi connectivity index (χ4v) is 3.15. The Labute approximate surface area is 146 Å². The zero-order valence-corrected chi connectivity index (χ0v) is 13.8. The van der Waals surface area contributed by atoms with Crippen molar-refractivity contribution in [3.05, 3.63) is 78.9 Å². The number of ether oxygens (including phenoxy) is 2. The van der Waals surface area contributed by atoms with E-state index < -0.39 is 5.79 Å². The van der Waals surface area contributed by atoms with Crippen LogP contribution in [-0.4, -0.2) is 34.0 Å². The highest BCUT2D eigenvalue weighted by Crippen LogP contribution is 2.36. The first-order valence-electron chi connectivity index (χ1n) is 8.33. The van der Waals surface area contributed by atoms with Crippen LogP contribution >= 0.6 is 0 Å². The number of imidazole rings is 1. The summed E-state index contributed by atoms with van der Waals surface area (Å²) >= 11 is 0. The van der Waals surface area contributed by atoms with Gasteiger partial charge in [0, 0.05) is 18.0 Å². The summed E-state index contributed by atoms with van der Waals surface area (Å²) in [6.07, 6.45) is 5.01. The zero-order valence-electron chi connectivity index (χ0n) is 13.8. The predicted octanol–water partition coefficient (Wildman–Crippen LogP) is 2.81. The molecular formula is C20H20N2O3. The van der Waals surface area contributed by atoms with Gasteiger partial charge in [0.1, 0.15) is 6.10 Å². The fourth-order valence-electron chi connectivity index (χ4n) is 3.15. The highest BCUT2D eigenvalue weighted by molar-refractivity contribution is 5.63. The minimum absolute atomic E-state index is 0.0617. The lowest BCUT2D eigenvalue weighted by molar-refractivity contribution is -0.190. The second-order valence-corrected chi connectivity index (χ2v) is 6.16. The van der Waals surface area contributed by atoms with Crippen molar-refractivity contribution >= 4 is 0 Å². The Bertz CT molecular complexity index is 803. The smallest absolute Gasteiger partial charge is 0.214 e. The first-order valence-corrected chi connectivity index (χ1v) is 8.33. The number of aromatic nitrogens is 2. The maximum Gasteiger partial charge on any atom is 0.214 e. The third-order valence-electron chi connectivity index (χ3n) is 4.44. The van der Waals surface area contributed by atoms with Crippen molar-refractivity contribution in [3.8, 4) is 11.1 Å². The van der Waals surface area contributed by atoms with E-state index in [4.69, 9.17) is 9.47 Å². The molecule has 5 heteroatoms. The van der Waals surface area contributed by atoms with E-state index in [1.54, 1.807) is 12.5 Å². The van der Waals surface area contributed by atoms with Gasteiger partial charge >= 0.3 is 0 Å². The fraction of sp³-hybridized carbons (Fsp3) is 0.250.